The highest BCUT2D eigenvalue weighted by atomic mass is 16.6. The topological polar surface area (TPSA) is 72.8 Å². The zero-order chi connectivity index (χ0) is 20.1. The van der Waals surface area contributed by atoms with Crippen LogP contribution in [0.5, 0.6) is 0 Å². The fourth-order valence-electron chi connectivity index (χ4n) is 4.05. The molecule has 4 rings (SSSR count). The Kier molecular flexibility index (Phi) is 5.90. The number of hydrogen-bond acceptors (Lipinski definition) is 5. The zero-order valence-corrected chi connectivity index (χ0v) is 16.8. The second-order valence-electron chi connectivity index (χ2n) is 7.97. The van der Waals surface area contributed by atoms with Crippen LogP contribution < -0.4 is 5.32 Å². The highest BCUT2D eigenvalue weighted by Gasteiger charge is 2.43. The first-order valence-electron chi connectivity index (χ1n) is 10.2. The molecule has 29 heavy (non-hydrogen) atoms. The Morgan fingerprint density at radius 2 is 1.86 bits per heavy atom. The maximum atomic E-state index is 13.2. The van der Waals surface area contributed by atoms with Crippen molar-refractivity contribution in [3.8, 4) is 0 Å². The van der Waals surface area contributed by atoms with E-state index in [4.69, 9.17) is 9.57 Å². The van der Waals surface area contributed by atoms with Crippen molar-refractivity contribution in [3.05, 3.63) is 65.5 Å². The van der Waals surface area contributed by atoms with Crippen LogP contribution >= 0.6 is 0 Å². The van der Waals surface area contributed by atoms with Gasteiger partial charge in [-0.15, -0.1) is 0 Å². The van der Waals surface area contributed by atoms with E-state index in [1.165, 1.54) is 5.56 Å². The van der Waals surface area contributed by atoms with Crippen LogP contribution in [0.3, 0.4) is 0 Å². The predicted molar refractivity (Wildman–Crippen MR) is 110 cm³/mol. The Morgan fingerprint density at radius 1 is 1.14 bits per heavy atom. The molecule has 0 unspecified atom stereocenters. The van der Waals surface area contributed by atoms with Crippen LogP contribution in [0.2, 0.25) is 0 Å². The molecule has 2 aliphatic heterocycles. The number of nitrogens with zero attached hydrogens (tertiary/aromatic N) is 2. The molecule has 0 saturated carbocycles. The van der Waals surface area contributed by atoms with Crippen molar-refractivity contribution in [1.82, 2.24) is 10.3 Å². The van der Waals surface area contributed by atoms with E-state index in [0.717, 1.165) is 23.3 Å². The zero-order valence-electron chi connectivity index (χ0n) is 16.8. The lowest BCUT2D eigenvalue weighted by atomic mass is 9.74. The molecule has 1 aromatic heterocycles. The third kappa shape index (κ3) is 4.65. The van der Waals surface area contributed by atoms with Gasteiger partial charge in [0.15, 0.2) is 0 Å². The molecule has 2 aromatic rings. The number of amides is 1. The molecule has 1 N–H and O–H groups in total. The maximum Gasteiger partial charge on any atom is 0.226 e. The highest BCUT2D eigenvalue weighted by molar-refractivity contribution is 6.01. The summed E-state index contributed by atoms with van der Waals surface area (Å²) in [6.45, 7) is 3.77. The third-order valence-corrected chi connectivity index (χ3v) is 5.87. The number of benzene rings is 1. The van der Waals surface area contributed by atoms with Crippen molar-refractivity contribution in [2.45, 2.75) is 45.3 Å². The van der Waals surface area contributed by atoms with Gasteiger partial charge < -0.3 is 14.9 Å². The summed E-state index contributed by atoms with van der Waals surface area (Å²) in [5.74, 6) is 0.0741. The summed E-state index contributed by atoms with van der Waals surface area (Å²) < 4.78 is 5.55. The molecule has 1 fully saturated rings. The van der Waals surface area contributed by atoms with Crippen molar-refractivity contribution in [1.29, 1.82) is 0 Å². The summed E-state index contributed by atoms with van der Waals surface area (Å²) in [7, 11) is 0. The summed E-state index contributed by atoms with van der Waals surface area (Å²) in [4.78, 5) is 23.0. The van der Waals surface area contributed by atoms with Crippen LogP contribution in [0, 0.1) is 12.3 Å². The Morgan fingerprint density at radius 3 is 2.59 bits per heavy atom. The van der Waals surface area contributed by atoms with Crippen LogP contribution in [0.1, 0.15) is 42.4 Å². The largest absolute Gasteiger partial charge is 0.392 e. The van der Waals surface area contributed by atoms with Gasteiger partial charge in [-0.1, -0.05) is 35.0 Å². The average molecular weight is 393 g/mol. The lowest BCUT2D eigenvalue weighted by Crippen LogP contribution is -2.46. The minimum Gasteiger partial charge on any atom is -0.392 e. The van der Waals surface area contributed by atoms with Gasteiger partial charge in [0.25, 0.3) is 0 Å². The maximum absolute atomic E-state index is 13.2. The van der Waals surface area contributed by atoms with E-state index in [-0.39, 0.29) is 12.0 Å². The van der Waals surface area contributed by atoms with E-state index in [1.807, 2.05) is 12.1 Å². The molecule has 1 aromatic carbocycles. The van der Waals surface area contributed by atoms with Gasteiger partial charge in [-0.2, -0.15) is 0 Å². The van der Waals surface area contributed by atoms with Crippen LogP contribution in [0.15, 0.2) is 53.9 Å². The van der Waals surface area contributed by atoms with Crippen molar-refractivity contribution >= 4 is 11.6 Å². The first-order chi connectivity index (χ1) is 14.1. The third-order valence-electron chi connectivity index (χ3n) is 5.87. The first-order valence-corrected chi connectivity index (χ1v) is 10.2. The minimum atomic E-state index is -0.478. The minimum absolute atomic E-state index is 0.0741. The highest BCUT2D eigenvalue weighted by Crippen LogP contribution is 2.38. The molecule has 152 valence electrons. The van der Waals surface area contributed by atoms with Gasteiger partial charge in [0.05, 0.1) is 11.1 Å². The number of carbonyl (C=O) groups excluding carboxylic acids is 1. The Labute approximate surface area is 171 Å². The van der Waals surface area contributed by atoms with Crippen LogP contribution in [-0.4, -0.2) is 35.9 Å². The lowest BCUT2D eigenvalue weighted by molar-refractivity contribution is -0.140. The van der Waals surface area contributed by atoms with Crippen molar-refractivity contribution in [2.75, 3.05) is 13.2 Å². The summed E-state index contributed by atoms with van der Waals surface area (Å²) in [5, 5.41) is 7.43. The SMILES string of the molecule is Cc1ccc(C2=NO[C@H](CC3(C(=O)NCc4ccncc4)CCOCC3)C2)cc1. The van der Waals surface area contributed by atoms with E-state index in [0.29, 0.717) is 39.0 Å². The number of oxime groups is 1. The molecule has 0 spiro atoms. The smallest absolute Gasteiger partial charge is 0.226 e. The monoisotopic (exact) mass is 393 g/mol. The number of hydrogen-bond donors (Lipinski definition) is 1. The van der Waals surface area contributed by atoms with Gasteiger partial charge in [-0.3, -0.25) is 9.78 Å². The Bertz CT molecular complexity index is 859. The van der Waals surface area contributed by atoms with Gasteiger partial charge in [0, 0.05) is 45.0 Å². The van der Waals surface area contributed by atoms with Crippen molar-refractivity contribution in [2.24, 2.45) is 10.6 Å². The second kappa shape index (κ2) is 8.74. The summed E-state index contributed by atoms with van der Waals surface area (Å²) in [6.07, 6.45) is 6.17. The normalized spacial score (nSPS) is 20.6. The number of aryl methyl sites for hydroxylation is 1. The fraction of sp³-hybridized carbons (Fsp3) is 0.435. The van der Waals surface area contributed by atoms with Gasteiger partial charge in [0.2, 0.25) is 5.91 Å². The number of nitrogens with one attached hydrogen (secondary N) is 1. The standard InChI is InChI=1S/C23H27N3O3/c1-17-2-4-19(5-3-17)21-14-20(29-26-21)15-23(8-12-28-13-9-23)22(27)25-16-18-6-10-24-11-7-18/h2-7,10-11,20H,8-9,12-16H2,1H3,(H,25,27)/t20-/m0/s1. The first kappa shape index (κ1) is 19.6. The molecule has 1 atom stereocenters. The predicted octanol–water partition coefficient (Wildman–Crippen LogP) is 3.39. The Hall–Kier alpha value is -2.73. The van der Waals surface area contributed by atoms with E-state index in [9.17, 15) is 4.79 Å². The molecule has 1 saturated heterocycles. The number of ether oxygens (including phenoxy) is 1. The molecule has 6 heteroatoms. The second-order valence-corrected chi connectivity index (χ2v) is 7.97. The van der Waals surface area contributed by atoms with E-state index < -0.39 is 5.41 Å². The molecule has 2 aliphatic rings. The molecular weight excluding hydrogens is 366 g/mol. The summed E-state index contributed by atoms with van der Waals surface area (Å²) in [6, 6.07) is 12.1. The average Bonchev–Trinajstić information content (AvgIpc) is 3.22. The van der Waals surface area contributed by atoms with Gasteiger partial charge in [0.1, 0.15) is 6.10 Å². The molecule has 0 bridgehead atoms. The number of aromatic nitrogens is 1. The fourth-order valence-corrected chi connectivity index (χ4v) is 4.05. The van der Waals surface area contributed by atoms with Crippen LogP contribution in [0.25, 0.3) is 0 Å². The number of carbonyl (C=O) groups is 1. The molecule has 1 amide bonds. The van der Waals surface area contributed by atoms with E-state index in [1.54, 1.807) is 12.4 Å². The summed E-state index contributed by atoms with van der Waals surface area (Å²) in [5.41, 5.74) is 3.82. The quantitative estimate of drug-likeness (QED) is 0.817. The van der Waals surface area contributed by atoms with Gasteiger partial charge in [-0.25, -0.2) is 0 Å². The lowest BCUT2D eigenvalue weighted by Gasteiger charge is -2.37. The number of pyridine rings is 1. The van der Waals surface area contributed by atoms with Gasteiger partial charge >= 0.3 is 0 Å². The van der Waals surface area contributed by atoms with Crippen LogP contribution in [0.4, 0.5) is 0 Å². The molecule has 0 aliphatic carbocycles. The van der Waals surface area contributed by atoms with E-state index in [2.05, 4.69) is 46.6 Å². The van der Waals surface area contributed by atoms with Crippen LogP contribution in [-0.2, 0) is 20.9 Å². The van der Waals surface area contributed by atoms with Gasteiger partial charge in [-0.05, 0) is 43.0 Å². The van der Waals surface area contributed by atoms with Crippen molar-refractivity contribution < 1.29 is 14.4 Å². The molecule has 0 radical (unpaired) electrons. The molecular formula is C23H27N3O3. The molecule has 3 heterocycles. The Balaban J connectivity index is 1.40. The molecule has 6 nitrogen and oxygen atoms in total. The number of rotatable bonds is 6. The van der Waals surface area contributed by atoms with Crippen molar-refractivity contribution in [3.63, 3.8) is 0 Å². The van der Waals surface area contributed by atoms with E-state index >= 15 is 0 Å². The summed E-state index contributed by atoms with van der Waals surface area (Å²) >= 11 is 0.